The summed E-state index contributed by atoms with van der Waals surface area (Å²) in [5.74, 6) is 0.857. The standard InChI is InChI=1S/C19H21BrN2O5S/c1-28(25,26)16-4-5-18(17(20)10-16)27-12-15-3-2-14(11-21-15)13-6-8-22(9-7-13)19(23)24/h2-5,10-11,13H,6-9,12H2,1H3,(H,23,24). The lowest BCUT2D eigenvalue weighted by Gasteiger charge is -2.30. The molecule has 0 aliphatic carbocycles. The van der Waals surface area contributed by atoms with Gasteiger partial charge in [-0.05, 0) is 64.5 Å². The van der Waals surface area contributed by atoms with Gasteiger partial charge in [-0.25, -0.2) is 13.2 Å². The Balaban J connectivity index is 1.59. The molecule has 150 valence electrons. The smallest absolute Gasteiger partial charge is 0.407 e. The molecule has 0 unspecified atom stereocenters. The molecule has 2 heterocycles. The molecule has 2 aromatic rings. The lowest BCUT2D eigenvalue weighted by molar-refractivity contribution is 0.132. The van der Waals surface area contributed by atoms with Crippen LogP contribution >= 0.6 is 15.9 Å². The number of hydrogen-bond donors (Lipinski definition) is 1. The summed E-state index contributed by atoms with van der Waals surface area (Å²) in [4.78, 5) is 17.1. The molecule has 1 aromatic heterocycles. The van der Waals surface area contributed by atoms with Gasteiger partial charge in [-0.15, -0.1) is 0 Å². The molecule has 0 bridgehead atoms. The highest BCUT2D eigenvalue weighted by atomic mass is 79.9. The van der Waals surface area contributed by atoms with Crippen LogP contribution in [0.3, 0.4) is 0 Å². The summed E-state index contributed by atoms with van der Waals surface area (Å²) >= 11 is 3.34. The minimum Gasteiger partial charge on any atom is -0.486 e. The van der Waals surface area contributed by atoms with Gasteiger partial charge in [-0.3, -0.25) is 4.98 Å². The maximum Gasteiger partial charge on any atom is 0.407 e. The van der Waals surface area contributed by atoms with Gasteiger partial charge in [0.1, 0.15) is 12.4 Å². The van der Waals surface area contributed by atoms with E-state index in [2.05, 4.69) is 20.9 Å². The van der Waals surface area contributed by atoms with Gasteiger partial charge in [-0.2, -0.15) is 0 Å². The van der Waals surface area contributed by atoms with Crippen LogP contribution in [0.5, 0.6) is 5.75 Å². The molecule has 1 aliphatic heterocycles. The van der Waals surface area contributed by atoms with E-state index in [0.29, 0.717) is 29.2 Å². The second kappa shape index (κ2) is 8.48. The molecule has 1 aliphatic rings. The van der Waals surface area contributed by atoms with Gasteiger partial charge in [0, 0.05) is 25.5 Å². The summed E-state index contributed by atoms with van der Waals surface area (Å²) in [6, 6.07) is 8.55. The number of pyridine rings is 1. The van der Waals surface area contributed by atoms with Crippen molar-refractivity contribution in [3.05, 3.63) is 52.3 Å². The average Bonchev–Trinajstić information content (AvgIpc) is 2.67. The minimum atomic E-state index is -3.27. The molecular weight excluding hydrogens is 448 g/mol. The molecule has 0 atom stereocenters. The highest BCUT2D eigenvalue weighted by Gasteiger charge is 2.23. The first-order chi connectivity index (χ1) is 13.2. The zero-order chi connectivity index (χ0) is 20.3. The number of aromatic nitrogens is 1. The predicted octanol–water partition coefficient (Wildman–Crippen LogP) is 3.68. The van der Waals surface area contributed by atoms with E-state index in [4.69, 9.17) is 9.84 Å². The molecule has 9 heteroatoms. The number of piperidine rings is 1. The highest BCUT2D eigenvalue weighted by Crippen LogP contribution is 2.29. The minimum absolute atomic E-state index is 0.225. The Hall–Kier alpha value is -2.13. The van der Waals surface area contributed by atoms with Crippen molar-refractivity contribution in [1.82, 2.24) is 9.88 Å². The van der Waals surface area contributed by atoms with Crippen LogP contribution in [0.25, 0.3) is 0 Å². The molecule has 1 fully saturated rings. The van der Waals surface area contributed by atoms with Crippen molar-refractivity contribution in [3.8, 4) is 5.75 Å². The van der Waals surface area contributed by atoms with Crippen molar-refractivity contribution in [2.45, 2.75) is 30.3 Å². The zero-order valence-corrected chi connectivity index (χ0v) is 17.7. The molecule has 1 N–H and O–H groups in total. The first kappa shape index (κ1) is 20.6. The fraction of sp³-hybridized carbons (Fsp3) is 0.368. The fourth-order valence-electron chi connectivity index (χ4n) is 3.15. The van der Waals surface area contributed by atoms with Crippen molar-refractivity contribution in [2.24, 2.45) is 0 Å². The number of benzene rings is 1. The summed E-state index contributed by atoms with van der Waals surface area (Å²) in [6.45, 7) is 1.35. The maximum absolute atomic E-state index is 11.6. The van der Waals surface area contributed by atoms with E-state index >= 15 is 0 Å². The van der Waals surface area contributed by atoms with Crippen molar-refractivity contribution in [2.75, 3.05) is 19.3 Å². The van der Waals surface area contributed by atoms with Crippen LogP contribution in [0, 0.1) is 0 Å². The zero-order valence-electron chi connectivity index (χ0n) is 15.3. The third-order valence-electron chi connectivity index (χ3n) is 4.79. The molecule has 0 radical (unpaired) electrons. The predicted molar refractivity (Wildman–Crippen MR) is 107 cm³/mol. The van der Waals surface area contributed by atoms with Crippen LogP contribution < -0.4 is 4.74 Å². The largest absolute Gasteiger partial charge is 0.486 e. The van der Waals surface area contributed by atoms with Gasteiger partial charge < -0.3 is 14.7 Å². The van der Waals surface area contributed by atoms with Crippen LogP contribution in [0.15, 0.2) is 45.9 Å². The number of nitrogens with zero attached hydrogens (tertiary/aromatic N) is 2. The molecule has 28 heavy (non-hydrogen) atoms. The van der Waals surface area contributed by atoms with E-state index in [-0.39, 0.29) is 11.5 Å². The van der Waals surface area contributed by atoms with Crippen LogP contribution in [-0.2, 0) is 16.4 Å². The van der Waals surface area contributed by atoms with Crippen LogP contribution in [0.1, 0.15) is 30.0 Å². The van der Waals surface area contributed by atoms with E-state index in [0.717, 1.165) is 30.4 Å². The number of likely N-dealkylation sites (tertiary alicyclic amines) is 1. The molecule has 1 amide bonds. The van der Waals surface area contributed by atoms with E-state index in [1.165, 1.54) is 17.0 Å². The molecule has 0 spiro atoms. The highest BCUT2D eigenvalue weighted by molar-refractivity contribution is 9.10. The van der Waals surface area contributed by atoms with Gasteiger partial charge in [0.2, 0.25) is 0 Å². The van der Waals surface area contributed by atoms with Crippen LogP contribution in [-0.4, -0.2) is 48.8 Å². The number of amides is 1. The van der Waals surface area contributed by atoms with Gasteiger partial charge in [0.15, 0.2) is 9.84 Å². The Morgan fingerprint density at radius 2 is 2.00 bits per heavy atom. The number of carboxylic acid groups (broad SMARTS) is 1. The van der Waals surface area contributed by atoms with Gasteiger partial charge in [-0.1, -0.05) is 6.07 Å². The molecule has 1 saturated heterocycles. The Morgan fingerprint density at radius 1 is 1.29 bits per heavy atom. The van der Waals surface area contributed by atoms with Crippen LogP contribution in [0.2, 0.25) is 0 Å². The van der Waals surface area contributed by atoms with E-state index in [1.807, 2.05) is 18.3 Å². The topological polar surface area (TPSA) is 96.8 Å². The molecule has 3 rings (SSSR count). The number of ether oxygens (including phenoxy) is 1. The fourth-order valence-corrected chi connectivity index (χ4v) is 4.44. The van der Waals surface area contributed by atoms with Crippen molar-refractivity contribution in [3.63, 3.8) is 0 Å². The number of sulfone groups is 1. The molecular formula is C19H21BrN2O5S. The van der Waals surface area contributed by atoms with Crippen molar-refractivity contribution >= 4 is 31.9 Å². The normalized spacial score (nSPS) is 15.4. The number of hydrogen-bond acceptors (Lipinski definition) is 5. The quantitative estimate of drug-likeness (QED) is 0.718. The van der Waals surface area contributed by atoms with E-state index in [9.17, 15) is 13.2 Å². The van der Waals surface area contributed by atoms with Gasteiger partial charge in [0.25, 0.3) is 0 Å². The third kappa shape index (κ3) is 5.02. The average molecular weight is 469 g/mol. The lowest BCUT2D eigenvalue weighted by Crippen LogP contribution is -2.36. The van der Waals surface area contributed by atoms with Gasteiger partial charge >= 0.3 is 6.09 Å². The Labute approximate surface area is 172 Å². The van der Waals surface area contributed by atoms with E-state index in [1.54, 1.807) is 6.07 Å². The number of rotatable bonds is 5. The van der Waals surface area contributed by atoms with Crippen LogP contribution in [0.4, 0.5) is 4.79 Å². The molecule has 1 aromatic carbocycles. The molecule has 0 saturated carbocycles. The summed E-state index contributed by atoms with van der Waals surface area (Å²) in [6.07, 6.45) is 3.71. The monoisotopic (exact) mass is 468 g/mol. The third-order valence-corrected chi connectivity index (χ3v) is 6.52. The second-order valence-electron chi connectivity index (χ2n) is 6.78. The first-order valence-corrected chi connectivity index (χ1v) is 11.5. The summed E-state index contributed by atoms with van der Waals surface area (Å²) in [5, 5.41) is 9.03. The first-order valence-electron chi connectivity index (χ1n) is 8.79. The van der Waals surface area contributed by atoms with E-state index < -0.39 is 15.9 Å². The molecule has 7 nitrogen and oxygen atoms in total. The Kier molecular flexibility index (Phi) is 6.24. The Morgan fingerprint density at radius 3 is 2.54 bits per heavy atom. The Bertz CT molecular complexity index is 955. The SMILES string of the molecule is CS(=O)(=O)c1ccc(OCc2ccc(C3CCN(C(=O)O)CC3)cn2)c(Br)c1. The summed E-state index contributed by atoms with van der Waals surface area (Å²) < 4.78 is 29.5. The lowest BCUT2D eigenvalue weighted by atomic mass is 9.90. The van der Waals surface area contributed by atoms with Crippen molar-refractivity contribution in [1.29, 1.82) is 0 Å². The van der Waals surface area contributed by atoms with Crippen molar-refractivity contribution < 1.29 is 23.1 Å². The maximum atomic E-state index is 11.6. The van der Waals surface area contributed by atoms with Gasteiger partial charge in [0.05, 0.1) is 15.1 Å². The number of carbonyl (C=O) groups is 1. The summed E-state index contributed by atoms with van der Waals surface area (Å²) in [5.41, 5.74) is 1.86. The number of halogens is 1. The second-order valence-corrected chi connectivity index (χ2v) is 9.65. The summed E-state index contributed by atoms with van der Waals surface area (Å²) in [7, 11) is -3.27.